The number of hydrogen-bond acceptors (Lipinski definition) is 8. The molecule has 35 heavy (non-hydrogen) atoms. The lowest BCUT2D eigenvalue weighted by molar-refractivity contribution is -0.394. The summed E-state index contributed by atoms with van der Waals surface area (Å²) in [5.41, 5.74) is 0.492. The number of anilines is 1. The van der Waals surface area contributed by atoms with Crippen molar-refractivity contribution in [3.05, 3.63) is 89.0 Å². The number of methoxy groups -OCH3 is 1. The van der Waals surface area contributed by atoms with E-state index in [2.05, 4.69) is 0 Å². The minimum Gasteiger partial charge on any atom is -0.493 e. The van der Waals surface area contributed by atoms with Crippen LogP contribution in [0.2, 0.25) is 5.02 Å². The number of rotatable bonds is 7. The minimum atomic E-state index is -0.749. The van der Waals surface area contributed by atoms with Gasteiger partial charge >= 0.3 is 5.69 Å². The summed E-state index contributed by atoms with van der Waals surface area (Å²) in [6.07, 6.45) is 0. The molecule has 0 saturated carbocycles. The highest BCUT2D eigenvalue weighted by molar-refractivity contribution is 14.1. The van der Waals surface area contributed by atoms with E-state index in [9.17, 15) is 25.0 Å². The maximum atomic E-state index is 12.7. The normalized spacial score (nSPS) is 15.2. The number of amides is 1. The molecule has 1 aliphatic rings. The molecule has 4 rings (SSSR count). The van der Waals surface area contributed by atoms with Crippen LogP contribution in [0.15, 0.2) is 54.6 Å². The predicted molar refractivity (Wildman–Crippen MR) is 140 cm³/mol. The van der Waals surface area contributed by atoms with Crippen LogP contribution in [-0.2, 0) is 4.79 Å². The molecule has 1 fully saturated rings. The predicted octanol–water partition coefficient (Wildman–Crippen LogP) is 6.34. The molecule has 0 aliphatic carbocycles. The van der Waals surface area contributed by atoms with Crippen molar-refractivity contribution in [1.82, 2.24) is 0 Å². The van der Waals surface area contributed by atoms with Crippen molar-refractivity contribution in [3.8, 4) is 17.2 Å². The number of hydrogen-bond donors (Lipinski definition) is 0. The fourth-order valence-corrected chi connectivity index (χ4v) is 5.51. The third-order valence-electron chi connectivity index (χ3n) is 5.07. The van der Waals surface area contributed by atoms with Crippen LogP contribution in [0.3, 0.4) is 0 Å². The zero-order chi connectivity index (χ0) is 25.3. The van der Waals surface area contributed by atoms with Crippen LogP contribution in [0.1, 0.15) is 10.9 Å². The molecule has 0 spiro atoms. The highest BCUT2D eigenvalue weighted by atomic mass is 127. The number of nitro groups is 2. The standard InChI is InChI=1S/C22H15ClIN3O7S/c1-33-19-9-12(22-25(20(28)11-35-22)14-4-2-13(23)3-5-14)8-16(24)21(19)34-18-7-6-15(26(29)30)10-17(18)27(31)32/h2-10,22H,11H2,1H3/t22-/m1/s1. The Morgan fingerprint density at radius 1 is 1.06 bits per heavy atom. The smallest absolute Gasteiger partial charge is 0.318 e. The first-order chi connectivity index (χ1) is 16.7. The fraction of sp³-hybridized carbons (Fsp3) is 0.136. The number of thioether (sulfide) groups is 1. The summed E-state index contributed by atoms with van der Waals surface area (Å²) in [6, 6.07) is 13.6. The Morgan fingerprint density at radius 2 is 1.77 bits per heavy atom. The quantitative estimate of drug-likeness (QED) is 0.169. The van der Waals surface area contributed by atoms with E-state index in [0.29, 0.717) is 20.0 Å². The molecular formula is C22H15ClIN3O7S. The molecule has 0 N–H and O–H groups in total. The van der Waals surface area contributed by atoms with Crippen molar-refractivity contribution in [3.63, 3.8) is 0 Å². The largest absolute Gasteiger partial charge is 0.493 e. The topological polar surface area (TPSA) is 125 Å². The first-order valence-electron chi connectivity index (χ1n) is 9.87. The minimum absolute atomic E-state index is 0.0573. The number of carbonyl (C=O) groups is 1. The maximum Gasteiger partial charge on any atom is 0.318 e. The van der Waals surface area contributed by atoms with E-state index >= 15 is 0 Å². The van der Waals surface area contributed by atoms with Crippen molar-refractivity contribution in [1.29, 1.82) is 0 Å². The Labute approximate surface area is 221 Å². The SMILES string of the molecule is COc1cc([C@H]2SCC(=O)N2c2ccc(Cl)cc2)cc(I)c1Oc1ccc([N+](=O)[O-])cc1[N+](=O)[O-]. The summed E-state index contributed by atoms with van der Waals surface area (Å²) < 4.78 is 11.9. The van der Waals surface area contributed by atoms with Gasteiger partial charge in [-0.2, -0.15) is 0 Å². The molecular weight excluding hydrogens is 613 g/mol. The van der Waals surface area contributed by atoms with Gasteiger partial charge in [0.25, 0.3) is 5.69 Å². The lowest BCUT2D eigenvalue weighted by Crippen LogP contribution is -2.27. The molecule has 0 aromatic heterocycles. The summed E-state index contributed by atoms with van der Waals surface area (Å²) in [6.45, 7) is 0. The molecule has 10 nitrogen and oxygen atoms in total. The number of non-ortho nitro benzene ring substituents is 1. The second-order valence-electron chi connectivity index (χ2n) is 7.21. The zero-order valence-corrected chi connectivity index (χ0v) is 21.6. The number of ether oxygens (including phenoxy) is 2. The second-order valence-corrected chi connectivity index (χ2v) is 9.87. The van der Waals surface area contributed by atoms with Crippen molar-refractivity contribution < 1.29 is 24.1 Å². The Morgan fingerprint density at radius 3 is 2.40 bits per heavy atom. The molecule has 1 saturated heterocycles. The van der Waals surface area contributed by atoms with Crippen LogP contribution >= 0.6 is 46.0 Å². The van der Waals surface area contributed by atoms with E-state index in [1.165, 1.54) is 24.9 Å². The van der Waals surface area contributed by atoms with Crippen LogP contribution in [0.4, 0.5) is 17.1 Å². The molecule has 3 aromatic rings. The number of halogens is 2. The number of nitrogens with zero attached hydrogens (tertiary/aromatic N) is 3. The van der Waals surface area contributed by atoms with Gasteiger partial charge in [-0.05, 0) is 70.6 Å². The molecule has 0 unspecified atom stereocenters. The van der Waals surface area contributed by atoms with Crippen molar-refractivity contribution in [2.75, 3.05) is 17.8 Å². The summed E-state index contributed by atoms with van der Waals surface area (Å²) in [5, 5.41) is 22.7. The summed E-state index contributed by atoms with van der Waals surface area (Å²) in [5.74, 6) is 0.562. The van der Waals surface area contributed by atoms with Crippen LogP contribution in [-0.4, -0.2) is 28.6 Å². The molecule has 1 atom stereocenters. The van der Waals surface area contributed by atoms with Gasteiger partial charge in [0.1, 0.15) is 5.37 Å². The Hall–Kier alpha value is -3.10. The first-order valence-corrected chi connectivity index (χ1v) is 12.4. The Bertz CT molecular complexity index is 1340. The highest BCUT2D eigenvalue weighted by Crippen LogP contribution is 2.47. The molecule has 1 amide bonds. The van der Waals surface area contributed by atoms with Gasteiger partial charge in [0.05, 0.1) is 32.3 Å². The fourth-order valence-electron chi connectivity index (χ4n) is 3.49. The van der Waals surface area contributed by atoms with Crippen LogP contribution in [0.25, 0.3) is 0 Å². The summed E-state index contributed by atoms with van der Waals surface area (Å²) in [7, 11) is 1.43. The number of nitro benzene ring substituents is 2. The van der Waals surface area contributed by atoms with Gasteiger partial charge in [-0.15, -0.1) is 11.8 Å². The Balaban J connectivity index is 1.72. The second kappa shape index (κ2) is 10.3. The molecule has 0 radical (unpaired) electrons. The third kappa shape index (κ3) is 5.13. The van der Waals surface area contributed by atoms with Gasteiger partial charge in [0.15, 0.2) is 11.5 Å². The van der Waals surface area contributed by atoms with Gasteiger partial charge in [-0.1, -0.05) is 11.6 Å². The average molecular weight is 628 g/mol. The van der Waals surface area contributed by atoms with Crippen molar-refractivity contribution in [2.24, 2.45) is 0 Å². The van der Waals surface area contributed by atoms with Crippen molar-refractivity contribution in [2.45, 2.75) is 5.37 Å². The number of benzene rings is 3. The van der Waals surface area contributed by atoms with Gasteiger partial charge in [-0.3, -0.25) is 29.9 Å². The van der Waals surface area contributed by atoms with Crippen LogP contribution in [0, 0.1) is 23.8 Å². The van der Waals surface area contributed by atoms with Gasteiger partial charge in [-0.25, -0.2) is 0 Å². The average Bonchev–Trinajstić information content (AvgIpc) is 3.21. The van der Waals surface area contributed by atoms with E-state index in [4.69, 9.17) is 21.1 Å². The maximum absolute atomic E-state index is 12.7. The summed E-state index contributed by atoms with van der Waals surface area (Å²) >= 11 is 9.45. The van der Waals surface area contributed by atoms with E-state index in [1.54, 1.807) is 41.3 Å². The van der Waals surface area contributed by atoms with Crippen molar-refractivity contribution >= 4 is 68.9 Å². The summed E-state index contributed by atoms with van der Waals surface area (Å²) in [4.78, 5) is 35.4. The Kier molecular flexibility index (Phi) is 7.33. The number of carbonyl (C=O) groups excluding carboxylic acids is 1. The highest BCUT2D eigenvalue weighted by Gasteiger charge is 2.35. The third-order valence-corrected chi connectivity index (χ3v) is 7.34. The monoisotopic (exact) mass is 627 g/mol. The molecule has 1 aliphatic heterocycles. The van der Waals surface area contributed by atoms with E-state index in [-0.39, 0.29) is 28.5 Å². The molecule has 0 bridgehead atoms. The molecule has 13 heteroatoms. The lowest BCUT2D eigenvalue weighted by Gasteiger charge is -2.25. The molecule has 3 aromatic carbocycles. The lowest BCUT2D eigenvalue weighted by atomic mass is 10.1. The van der Waals surface area contributed by atoms with E-state index in [1.807, 2.05) is 22.6 Å². The van der Waals surface area contributed by atoms with Crippen LogP contribution < -0.4 is 14.4 Å². The van der Waals surface area contributed by atoms with Crippen LogP contribution in [0.5, 0.6) is 17.2 Å². The van der Waals surface area contributed by atoms with E-state index < -0.39 is 21.2 Å². The first kappa shape index (κ1) is 25.0. The zero-order valence-electron chi connectivity index (χ0n) is 17.8. The van der Waals surface area contributed by atoms with Gasteiger partial charge < -0.3 is 9.47 Å². The molecule has 1 heterocycles. The van der Waals surface area contributed by atoms with Gasteiger partial charge in [0.2, 0.25) is 11.7 Å². The van der Waals surface area contributed by atoms with E-state index in [0.717, 1.165) is 17.7 Å². The van der Waals surface area contributed by atoms with Gasteiger partial charge in [0, 0.05) is 16.8 Å². The molecule has 180 valence electrons.